The van der Waals surface area contributed by atoms with Gasteiger partial charge in [-0.3, -0.25) is 0 Å². The van der Waals surface area contributed by atoms with Gasteiger partial charge in [-0.05, 0) is 55.4 Å². The van der Waals surface area contributed by atoms with Gasteiger partial charge in [-0.1, -0.05) is 36.4 Å². The van der Waals surface area contributed by atoms with E-state index in [2.05, 4.69) is 73.0 Å². The molecule has 3 aliphatic rings. The second-order valence-electron chi connectivity index (χ2n) is 7.51. The Hall–Kier alpha value is -1.96. The molecule has 0 spiro atoms. The van der Waals surface area contributed by atoms with Crippen LogP contribution in [0.1, 0.15) is 43.2 Å². The van der Waals surface area contributed by atoms with Crippen LogP contribution in [0.15, 0.2) is 48.5 Å². The van der Waals surface area contributed by atoms with Gasteiger partial charge in [0.25, 0.3) is 0 Å². The van der Waals surface area contributed by atoms with Crippen molar-refractivity contribution in [3.05, 3.63) is 59.7 Å². The van der Waals surface area contributed by atoms with Gasteiger partial charge >= 0.3 is 0 Å². The quantitative estimate of drug-likeness (QED) is 0.742. The average molecular weight is 290 g/mol. The van der Waals surface area contributed by atoms with Crippen LogP contribution in [0.5, 0.6) is 0 Å². The molecule has 1 fully saturated rings. The lowest BCUT2D eigenvalue weighted by molar-refractivity contribution is 0.311. The van der Waals surface area contributed by atoms with Crippen molar-refractivity contribution in [1.29, 1.82) is 0 Å². The number of rotatable bonds is 0. The molecule has 5 rings (SSSR count). The number of hydrogen-bond acceptors (Lipinski definition) is 2. The molecule has 2 heterocycles. The standard InChI is InChI=1S/C20H22N2/c1-12-19-18(14-8-4-5-9-16(14)21-12)15-11-20(19,2)22-17-10-6-3-7-13(15)17/h3-10,12,15,18-19,21-22H,11H2,1-2H3. The van der Waals surface area contributed by atoms with Gasteiger partial charge in [0.15, 0.2) is 0 Å². The zero-order chi connectivity index (χ0) is 14.9. The number of anilines is 2. The third kappa shape index (κ3) is 1.45. The van der Waals surface area contributed by atoms with Crippen LogP contribution in [0.25, 0.3) is 0 Å². The molecule has 0 saturated heterocycles. The molecule has 2 nitrogen and oxygen atoms in total. The molecule has 5 unspecified atom stereocenters. The van der Waals surface area contributed by atoms with Gasteiger partial charge in [0, 0.05) is 28.9 Å². The van der Waals surface area contributed by atoms with E-state index in [4.69, 9.17) is 0 Å². The first-order chi connectivity index (χ1) is 10.7. The van der Waals surface area contributed by atoms with Gasteiger partial charge < -0.3 is 10.6 Å². The first kappa shape index (κ1) is 12.6. The van der Waals surface area contributed by atoms with Gasteiger partial charge in [0.05, 0.1) is 0 Å². The summed E-state index contributed by atoms with van der Waals surface area (Å²) in [4.78, 5) is 0. The fraction of sp³-hybridized carbons (Fsp3) is 0.400. The van der Waals surface area contributed by atoms with E-state index >= 15 is 0 Å². The molecule has 2 aliphatic heterocycles. The van der Waals surface area contributed by atoms with E-state index in [0.717, 1.165) is 0 Å². The largest absolute Gasteiger partial charge is 0.382 e. The molecule has 0 amide bonds. The minimum absolute atomic E-state index is 0.184. The van der Waals surface area contributed by atoms with Gasteiger partial charge in [-0.2, -0.15) is 0 Å². The molecule has 1 saturated carbocycles. The summed E-state index contributed by atoms with van der Waals surface area (Å²) in [6.45, 7) is 4.78. The van der Waals surface area contributed by atoms with Gasteiger partial charge in [-0.25, -0.2) is 0 Å². The number of fused-ring (bicyclic) bond motifs is 9. The van der Waals surface area contributed by atoms with Crippen molar-refractivity contribution in [2.75, 3.05) is 10.6 Å². The summed E-state index contributed by atoms with van der Waals surface area (Å²) in [6, 6.07) is 18.3. The third-order valence-electron chi connectivity index (χ3n) is 6.22. The average Bonchev–Trinajstić information content (AvgIpc) is 2.77. The van der Waals surface area contributed by atoms with Gasteiger partial charge in [0.2, 0.25) is 0 Å². The van der Waals surface area contributed by atoms with Crippen molar-refractivity contribution in [1.82, 2.24) is 0 Å². The molecule has 1 aliphatic carbocycles. The van der Waals surface area contributed by atoms with E-state index in [9.17, 15) is 0 Å². The zero-order valence-electron chi connectivity index (χ0n) is 13.1. The molecule has 5 atom stereocenters. The molecule has 0 aromatic heterocycles. The maximum atomic E-state index is 3.89. The van der Waals surface area contributed by atoms with E-state index in [0.29, 0.717) is 23.8 Å². The van der Waals surface area contributed by atoms with E-state index in [1.165, 1.54) is 28.9 Å². The van der Waals surface area contributed by atoms with Gasteiger partial charge in [-0.15, -0.1) is 0 Å². The lowest BCUT2D eigenvalue weighted by Gasteiger charge is -2.43. The first-order valence-corrected chi connectivity index (χ1v) is 8.40. The Labute approximate surface area is 131 Å². The van der Waals surface area contributed by atoms with Crippen LogP contribution in [-0.2, 0) is 0 Å². The summed E-state index contributed by atoms with van der Waals surface area (Å²) in [6.07, 6.45) is 1.24. The Kier molecular flexibility index (Phi) is 2.32. The van der Waals surface area contributed by atoms with Crippen LogP contribution in [0, 0.1) is 5.92 Å². The predicted octanol–water partition coefficient (Wildman–Crippen LogP) is 4.57. The summed E-state index contributed by atoms with van der Waals surface area (Å²) >= 11 is 0. The summed E-state index contributed by atoms with van der Waals surface area (Å²) < 4.78 is 0. The van der Waals surface area contributed by atoms with Crippen molar-refractivity contribution in [2.45, 2.75) is 43.7 Å². The zero-order valence-corrected chi connectivity index (χ0v) is 13.1. The fourth-order valence-electron chi connectivity index (χ4n) is 5.57. The van der Waals surface area contributed by atoms with Crippen molar-refractivity contribution in [2.24, 2.45) is 5.92 Å². The van der Waals surface area contributed by atoms with Crippen LogP contribution in [0.3, 0.4) is 0 Å². The fourth-order valence-corrected chi connectivity index (χ4v) is 5.57. The van der Waals surface area contributed by atoms with Crippen molar-refractivity contribution < 1.29 is 0 Å². The SMILES string of the molecule is CC1Nc2ccccc2C2C3CC(C)(Nc4ccccc43)C12. The van der Waals surface area contributed by atoms with E-state index in [1.54, 1.807) is 0 Å². The van der Waals surface area contributed by atoms with E-state index < -0.39 is 0 Å². The highest BCUT2D eigenvalue weighted by Crippen LogP contribution is 2.63. The topological polar surface area (TPSA) is 24.1 Å². The maximum Gasteiger partial charge on any atom is 0.0405 e. The van der Waals surface area contributed by atoms with Crippen LogP contribution in [0.4, 0.5) is 11.4 Å². The smallest absolute Gasteiger partial charge is 0.0405 e. The van der Waals surface area contributed by atoms with Gasteiger partial charge in [0.1, 0.15) is 0 Å². The number of para-hydroxylation sites is 2. The second kappa shape index (κ2) is 4.07. The molecule has 22 heavy (non-hydrogen) atoms. The highest BCUT2D eigenvalue weighted by molar-refractivity contribution is 5.65. The van der Waals surface area contributed by atoms with Crippen LogP contribution in [0.2, 0.25) is 0 Å². The highest BCUT2D eigenvalue weighted by Gasteiger charge is 2.58. The van der Waals surface area contributed by atoms with E-state index in [1.807, 2.05) is 0 Å². The highest BCUT2D eigenvalue weighted by atomic mass is 15.1. The van der Waals surface area contributed by atoms with Crippen molar-refractivity contribution in [3.8, 4) is 0 Å². The molecule has 2 N–H and O–H groups in total. The Morgan fingerprint density at radius 3 is 2.45 bits per heavy atom. The summed E-state index contributed by atoms with van der Waals surface area (Å²) in [7, 11) is 0. The molecule has 2 aromatic rings. The molecular weight excluding hydrogens is 268 g/mol. The van der Waals surface area contributed by atoms with Crippen molar-refractivity contribution in [3.63, 3.8) is 0 Å². The monoisotopic (exact) mass is 290 g/mol. The summed E-state index contributed by atoms with van der Waals surface area (Å²) in [5.41, 5.74) is 5.89. The maximum absolute atomic E-state index is 3.89. The van der Waals surface area contributed by atoms with Crippen LogP contribution in [-0.4, -0.2) is 11.6 Å². The van der Waals surface area contributed by atoms with Crippen LogP contribution < -0.4 is 10.6 Å². The second-order valence-corrected chi connectivity index (χ2v) is 7.51. The molecule has 0 radical (unpaired) electrons. The molecular formula is C20H22N2. The lowest BCUT2D eigenvalue weighted by atomic mass is 9.72. The van der Waals surface area contributed by atoms with Crippen LogP contribution >= 0.6 is 0 Å². The third-order valence-corrected chi connectivity index (χ3v) is 6.22. The Morgan fingerprint density at radius 2 is 1.64 bits per heavy atom. The summed E-state index contributed by atoms with van der Waals surface area (Å²) in [5.74, 6) is 1.88. The lowest BCUT2D eigenvalue weighted by Crippen LogP contribution is -2.49. The minimum Gasteiger partial charge on any atom is -0.382 e. The van der Waals surface area contributed by atoms with Crippen molar-refractivity contribution >= 4 is 11.4 Å². The summed E-state index contributed by atoms with van der Waals surface area (Å²) in [5, 5.41) is 7.64. The molecule has 2 aromatic carbocycles. The normalized spacial score (nSPS) is 37.4. The number of benzene rings is 2. The van der Waals surface area contributed by atoms with E-state index in [-0.39, 0.29) is 5.54 Å². The minimum atomic E-state index is 0.184. The Balaban J connectivity index is 1.75. The molecule has 2 heteroatoms. The number of nitrogens with one attached hydrogen (secondary N) is 2. The first-order valence-electron chi connectivity index (χ1n) is 8.40. The number of hydrogen-bond donors (Lipinski definition) is 2. The Bertz CT molecular complexity index is 753. The Morgan fingerprint density at radius 1 is 0.955 bits per heavy atom. The molecule has 2 bridgehead atoms. The predicted molar refractivity (Wildman–Crippen MR) is 91.6 cm³/mol. The molecule has 112 valence electrons.